The van der Waals surface area contributed by atoms with Gasteiger partial charge in [-0.15, -0.1) is 11.0 Å². The molecule has 0 spiro atoms. The second-order valence-electron chi connectivity index (χ2n) is 6.42. The van der Waals surface area contributed by atoms with Crippen LogP contribution < -0.4 is 4.90 Å². The van der Waals surface area contributed by atoms with Gasteiger partial charge < -0.3 is 4.90 Å². The number of hydrogen-bond acceptors (Lipinski definition) is 6. The molecule has 1 saturated heterocycles. The van der Waals surface area contributed by atoms with Gasteiger partial charge >= 0.3 is 0 Å². The van der Waals surface area contributed by atoms with E-state index in [-0.39, 0.29) is 22.5 Å². The van der Waals surface area contributed by atoms with Crippen LogP contribution in [0, 0.1) is 0 Å². The molecule has 2 aromatic rings. The number of para-hydroxylation sites is 1. The molecule has 2 aliphatic rings. The summed E-state index contributed by atoms with van der Waals surface area (Å²) in [6.45, 7) is 6.58. The van der Waals surface area contributed by atoms with Crippen molar-refractivity contribution in [2.24, 2.45) is 4.40 Å². The first-order chi connectivity index (χ1) is 14.5. The number of anilines is 1. The molecule has 0 atom stereocenters. The molecule has 9 heteroatoms. The fraction of sp³-hybridized carbons (Fsp3) is 0.143. The smallest absolute Gasteiger partial charge is 0.284 e. The predicted molar refractivity (Wildman–Crippen MR) is 123 cm³/mol. The van der Waals surface area contributed by atoms with E-state index >= 15 is 0 Å². The zero-order valence-electron chi connectivity index (χ0n) is 16.2. The van der Waals surface area contributed by atoms with Gasteiger partial charge in [-0.2, -0.15) is 8.42 Å². The van der Waals surface area contributed by atoms with E-state index in [4.69, 9.17) is 0 Å². The Hall–Kier alpha value is -2.49. The van der Waals surface area contributed by atoms with E-state index in [9.17, 15) is 13.2 Å². The van der Waals surface area contributed by atoms with Crippen LogP contribution in [-0.2, 0) is 14.8 Å². The van der Waals surface area contributed by atoms with Crippen LogP contribution in [0.5, 0.6) is 0 Å². The van der Waals surface area contributed by atoms with Crippen LogP contribution in [0.4, 0.5) is 5.69 Å². The van der Waals surface area contributed by atoms with Crippen molar-refractivity contribution in [1.82, 2.24) is 4.90 Å². The Morgan fingerprint density at radius 2 is 1.73 bits per heavy atom. The van der Waals surface area contributed by atoms with Crippen molar-refractivity contribution in [2.45, 2.75) is 16.7 Å². The average molecular weight is 458 g/mol. The molecule has 6 nitrogen and oxygen atoms in total. The van der Waals surface area contributed by atoms with Crippen molar-refractivity contribution in [3.63, 3.8) is 0 Å². The summed E-state index contributed by atoms with van der Waals surface area (Å²) in [5, 5.41) is 0.934. The standard InChI is InChI=1S/C21H19N3O3S3/c1-3-14-24-19(25)18(20-23(4-2)16-12-8-9-13-17(16)28-20)29-21(24)22-30(26,27)15-10-6-5-7-11-15/h3,5-13H,1,4,14H2,2H3. The molecule has 0 N–H and O–H groups in total. The number of nitrogens with zero attached hydrogens (tertiary/aromatic N) is 3. The van der Waals surface area contributed by atoms with Crippen LogP contribution in [0.3, 0.4) is 0 Å². The Balaban J connectivity index is 1.78. The fourth-order valence-corrected chi connectivity index (χ4v) is 6.76. The fourth-order valence-electron chi connectivity index (χ4n) is 3.16. The maximum absolute atomic E-state index is 13.2. The summed E-state index contributed by atoms with van der Waals surface area (Å²) in [5.41, 5.74) is 1.04. The number of sulfonamides is 1. The van der Waals surface area contributed by atoms with Crippen molar-refractivity contribution < 1.29 is 13.2 Å². The number of carbonyl (C=O) groups excluding carboxylic acids is 1. The number of fused-ring (bicyclic) bond motifs is 1. The van der Waals surface area contributed by atoms with Crippen molar-refractivity contribution in [2.75, 3.05) is 18.0 Å². The largest absolute Gasteiger partial charge is 0.334 e. The van der Waals surface area contributed by atoms with Gasteiger partial charge in [-0.25, -0.2) is 0 Å². The molecule has 0 unspecified atom stereocenters. The monoisotopic (exact) mass is 457 g/mol. The molecule has 4 rings (SSSR count). The zero-order valence-corrected chi connectivity index (χ0v) is 18.6. The Labute approximate surface area is 184 Å². The maximum atomic E-state index is 13.2. The predicted octanol–water partition coefficient (Wildman–Crippen LogP) is 4.29. The van der Waals surface area contributed by atoms with Crippen molar-refractivity contribution in [3.8, 4) is 0 Å². The number of amides is 1. The highest BCUT2D eigenvalue weighted by Gasteiger charge is 2.40. The van der Waals surface area contributed by atoms with Gasteiger partial charge in [0.15, 0.2) is 5.17 Å². The van der Waals surface area contributed by atoms with E-state index in [0.29, 0.717) is 11.4 Å². The Kier molecular flexibility index (Phi) is 5.77. The quantitative estimate of drug-likeness (QED) is 0.493. The summed E-state index contributed by atoms with van der Waals surface area (Å²) < 4.78 is 29.5. The minimum absolute atomic E-state index is 0.0861. The van der Waals surface area contributed by atoms with Gasteiger partial charge in [0.2, 0.25) is 0 Å². The van der Waals surface area contributed by atoms with Crippen LogP contribution in [-0.4, -0.2) is 37.5 Å². The summed E-state index contributed by atoms with van der Waals surface area (Å²) in [4.78, 5) is 18.3. The van der Waals surface area contributed by atoms with Gasteiger partial charge in [-0.1, -0.05) is 48.2 Å². The second-order valence-corrected chi connectivity index (χ2v) is 10.0. The highest BCUT2D eigenvalue weighted by molar-refractivity contribution is 8.19. The first-order valence-corrected chi connectivity index (χ1v) is 12.3. The lowest BCUT2D eigenvalue weighted by Crippen LogP contribution is -2.30. The van der Waals surface area contributed by atoms with Crippen LogP contribution >= 0.6 is 23.5 Å². The van der Waals surface area contributed by atoms with Crippen LogP contribution in [0.1, 0.15) is 6.92 Å². The van der Waals surface area contributed by atoms with Gasteiger partial charge in [0, 0.05) is 18.0 Å². The van der Waals surface area contributed by atoms with Crippen LogP contribution in [0.25, 0.3) is 0 Å². The van der Waals surface area contributed by atoms with E-state index in [1.165, 1.54) is 28.8 Å². The van der Waals surface area contributed by atoms with Crippen molar-refractivity contribution in [3.05, 3.63) is 77.2 Å². The van der Waals surface area contributed by atoms with E-state index in [0.717, 1.165) is 27.4 Å². The van der Waals surface area contributed by atoms with Gasteiger partial charge in [0.1, 0.15) is 9.93 Å². The first-order valence-electron chi connectivity index (χ1n) is 9.25. The maximum Gasteiger partial charge on any atom is 0.284 e. The molecule has 0 aromatic heterocycles. The summed E-state index contributed by atoms with van der Waals surface area (Å²) in [7, 11) is -3.94. The highest BCUT2D eigenvalue weighted by atomic mass is 32.2. The molecule has 1 fully saturated rings. The number of rotatable bonds is 5. The molecule has 0 saturated carbocycles. The normalized spacial score (nSPS) is 20.2. The summed E-state index contributed by atoms with van der Waals surface area (Å²) >= 11 is 2.61. The molecule has 30 heavy (non-hydrogen) atoms. The molecule has 154 valence electrons. The molecule has 0 aliphatic carbocycles. The van der Waals surface area contributed by atoms with Crippen molar-refractivity contribution in [1.29, 1.82) is 0 Å². The molecule has 0 bridgehead atoms. The number of hydrogen-bond donors (Lipinski definition) is 0. The molecular weight excluding hydrogens is 438 g/mol. The van der Waals surface area contributed by atoms with E-state index in [2.05, 4.69) is 15.9 Å². The van der Waals surface area contributed by atoms with E-state index in [1.54, 1.807) is 24.3 Å². The molecule has 2 heterocycles. The van der Waals surface area contributed by atoms with Crippen molar-refractivity contribution >= 4 is 50.3 Å². The number of benzene rings is 2. The third kappa shape index (κ3) is 3.68. The minimum atomic E-state index is -3.94. The third-order valence-corrected chi connectivity index (χ3v) is 8.31. The molecular formula is C21H19N3O3S3. The molecule has 0 radical (unpaired) electrons. The van der Waals surface area contributed by atoms with Gasteiger partial charge in [0.25, 0.3) is 15.9 Å². The zero-order chi connectivity index (χ0) is 21.3. The number of thioether (sulfide) groups is 2. The summed E-state index contributed by atoms with van der Waals surface area (Å²) in [6, 6.07) is 15.9. The molecule has 1 amide bonds. The summed E-state index contributed by atoms with van der Waals surface area (Å²) in [6.07, 6.45) is 1.56. The molecule has 2 aromatic carbocycles. The minimum Gasteiger partial charge on any atom is -0.334 e. The lowest BCUT2D eigenvalue weighted by atomic mass is 10.3. The third-order valence-electron chi connectivity index (χ3n) is 4.53. The van der Waals surface area contributed by atoms with E-state index < -0.39 is 10.0 Å². The lowest BCUT2D eigenvalue weighted by Gasteiger charge is -2.19. The molecule has 2 aliphatic heterocycles. The lowest BCUT2D eigenvalue weighted by molar-refractivity contribution is -0.121. The SMILES string of the molecule is C=CCN1C(=O)C(=C2Sc3ccccc3N2CC)SC1=NS(=O)(=O)c1ccccc1. The Morgan fingerprint density at radius 3 is 2.43 bits per heavy atom. The Morgan fingerprint density at radius 1 is 1.03 bits per heavy atom. The first kappa shape index (κ1) is 20.8. The topological polar surface area (TPSA) is 70.1 Å². The summed E-state index contributed by atoms with van der Waals surface area (Å²) in [5.74, 6) is -0.268. The highest BCUT2D eigenvalue weighted by Crippen LogP contribution is 2.50. The number of carbonyl (C=O) groups is 1. The van der Waals surface area contributed by atoms with Gasteiger partial charge in [0.05, 0.1) is 10.6 Å². The van der Waals surface area contributed by atoms with Crippen LogP contribution in [0.15, 0.2) is 91.4 Å². The average Bonchev–Trinajstić information content (AvgIpc) is 3.26. The second kappa shape index (κ2) is 8.33. The van der Waals surface area contributed by atoms with Crippen LogP contribution in [0.2, 0.25) is 0 Å². The Bertz CT molecular complexity index is 1170. The van der Waals surface area contributed by atoms with Gasteiger partial charge in [-0.05, 0) is 43.0 Å². The van der Waals surface area contributed by atoms with E-state index in [1.807, 2.05) is 31.2 Å². The van der Waals surface area contributed by atoms with Gasteiger partial charge in [-0.3, -0.25) is 9.69 Å². The number of amidine groups is 1.